The number of nitrogens with zero attached hydrogens (tertiary/aromatic N) is 2. The van der Waals surface area contributed by atoms with Crippen molar-refractivity contribution in [3.63, 3.8) is 0 Å². The number of methoxy groups -OCH3 is 1. The third-order valence-corrected chi connectivity index (χ3v) is 5.55. The molecule has 0 aliphatic carbocycles. The van der Waals surface area contributed by atoms with E-state index >= 15 is 0 Å². The number of aromatic nitrogens is 2. The first-order chi connectivity index (χ1) is 12.3. The lowest BCUT2D eigenvalue weighted by Crippen LogP contribution is -2.32. The summed E-state index contributed by atoms with van der Waals surface area (Å²) < 4.78 is 31.5. The third-order valence-electron chi connectivity index (χ3n) is 3.65. The number of halogens is 1. The minimum absolute atomic E-state index is 0.103. The van der Waals surface area contributed by atoms with Gasteiger partial charge in [0, 0.05) is 23.0 Å². The van der Waals surface area contributed by atoms with E-state index in [-0.39, 0.29) is 10.5 Å². The molecule has 0 bridgehead atoms. The summed E-state index contributed by atoms with van der Waals surface area (Å²) in [5, 5.41) is 0.328. The predicted octanol–water partition coefficient (Wildman–Crippen LogP) is 2.24. The van der Waals surface area contributed by atoms with Crippen LogP contribution in [0.2, 0.25) is 5.02 Å². The molecular weight excluding hydrogens is 380 g/mol. The Morgan fingerprint density at radius 1 is 1.08 bits per heavy atom. The molecule has 9 heteroatoms. The highest BCUT2D eigenvalue weighted by Crippen LogP contribution is 2.17. The van der Waals surface area contributed by atoms with Gasteiger partial charge in [0.05, 0.1) is 12.0 Å². The average molecular weight is 393 g/mol. The van der Waals surface area contributed by atoms with Crippen molar-refractivity contribution in [2.45, 2.75) is 4.90 Å². The second-order valence-corrected chi connectivity index (χ2v) is 7.49. The second-order valence-electron chi connectivity index (χ2n) is 5.24. The molecule has 3 aromatic rings. The van der Waals surface area contributed by atoms with Gasteiger partial charge in [-0.1, -0.05) is 17.7 Å². The number of ether oxygens (including phenoxy) is 1. The first-order valence-corrected chi connectivity index (χ1v) is 9.16. The summed E-state index contributed by atoms with van der Waals surface area (Å²) in [6, 6.07) is 11.6. The standard InChI is InChI=1S/C17H13ClN2O5S/c1-25-14-5-7-15(8-6-14)26(23,24)20-10-9-19(17(20)22)16(21)12-3-2-4-13(18)11-12/h2-11H,1H3. The van der Waals surface area contributed by atoms with E-state index in [0.29, 0.717) is 19.3 Å². The molecule has 0 aliphatic heterocycles. The van der Waals surface area contributed by atoms with Crippen LogP contribution in [0.1, 0.15) is 10.4 Å². The van der Waals surface area contributed by atoms with Crippen LogP contribution in [0.4, 0.5) is 0 Å². The van der Waals surface area contributed by atoms with E-state index in [4.69, 9.17) is 16.3 Å². The lowest BCUT2D eigenvalue weighted by atomic mass is 10.2. The first kappa shape index (κ1) is 18.0. The summed E-state index contributed by atoms with van der Waals surface area (Å²) >= 11 is 5.85. The minimum atomic E-state index is -4.15. The molecule has 1 aromatic heterocycles. The molecular formula is C17H13ClN2O5S. The molecule has 0 saturated heterocycles. The van der Waals surface area contributed by atoms with Crippen molar-refractivity contribution < 1.29 is 17.9 Å². The summed E-state index contributed by atoms with van der Waals surface area (Å²) in [5.74, 6) is -0.203. The van der Waals surface area contributed by atoms with Crippen LogP contribution in [0.5, 0.6) is 5.75 Å². The van der Waals surface area contributed by atoms with Gasteiger partial charge < -0.3 is 4.74 Å². The SMILES string of the molecule is COc1ccc(S(=O)(=O)n2ccn(C(=O)c3cccc(Cl)c3)c2=O)cc1. The van der Waals surface area contributed by atoms with Crippen LogP contribution < -0.4 is 10.4 Å². The van der Waals surface area contributed by atoms with Crippen molar-refractivity contribution >= 4 is 27.5 Å². The Balaban J connectivity index is 2.03. The molecule has 0 radical (unpaired) electrons. The zero-order valence-electron chi connectivity index (χ0n) is 13.5. The highest BCUT2D eigenvalue weighted by molar-refractivity contribution is 7.90. The highest BCUT2D eigenvalue weighted by Gasteiger charge is 2.23. The fourth-order valence-corrected chi connectivity index (χ4v) is 3.73. The van der Waals surface area contributed by atoms with E-state index in [9.17, 15) is 18.0 Å². The lowest BCUT2D eigenvalue weighted by Gasteiger charge is -2.06. The lowest BCUT2D eigenvalue weighted by molar-refractivity contribution is 0.0956. The Morgan fingerprint density at radius 3 is 2.38 bits per heavy atom. The van der Waals surface area contributed by atoms with Crippen molar-refractivity contribution in [3.05, 3.63) is 82.0 Å². The van der Waals surface area contributed by atoms with E-state index in [1.165, 1.54) is 43.5 Å². The topological polar surface area (TPSA) is 87.4 Å². The van der Waals surface area contributed by atoms with E-state index in [0.717, 1.165) is 12.4 Å². The molecule has 0 fully saturated rings. The summed E-state index contributed by atoms with van der Waals surface area (Å²) in [6.45, 7) is 0. The van der Waals surface area contributed by atoms with Crippen LogP contribution >= 0.6 is 11.6 Å². The van der Waals surface area contributed by atoms with Crippen LogP contribution in [0, 0.1) is 0 Å². The summed E-state index contributed by atoms with van der Waals surface area (Å²) in [6.07, 6.45) is 2.14. The van der Waals surface area contributed by atoms with Gasteiger partial charge >= 0.3 is 5.69 Å². The Bertz CT molecular complexity index is 1130. The Hall–Kier alpha value is -2.84. The fourth-order valence-electron chi connectivity index (χ4n) is 2.32. The minimum Gasteiger partial charge on any atom is -0.497 e. The number of rotatable bonds is 4. The van der Waals surface area contributed by atoms with Gasteiger partial charge in [-0.3, -0.25) is 4.79 Å². The molecule has 7 nitrogen and oxygen atoms in total. The van der Waals surface area contributed by atoms with Gasteiger partial charge in [-0.05, 0) is 42.5 Å². The number of hydrogen-bond donors (Lipinski definition) is 0. The van der Waals surface area contributed by atoms with Crippen molar-refractivity contribution in [1.29, 1.82) is 0 Å². The zero-order valence-corrected chi connectivity index (χ0v) is 15.1. The molecule has 0 aliphatic rings. The third kappa shape index (κ3) is 3.16. The molecule has 0 unspecified atom stereocenters. The quantitative estimate of drug-likeness (QED) is 0.679. The van der Waals surface area contributed by atoms with Crippen LogP contribution in [0.3, 0.4) is 0 Å². The molecule has 1 heterocycles. The van der Waals surface area contributed by atoms with Gasteiger partial charge in [-0.25, -0.2) is 17.8 Å². The van der Waals surface area contributed by atoms with Gasteiger partial charge in [0.2, 0.25) is 0 Å². The number of benzene rings is 2. The number of carbonyl (C=O) groups excluding carboxylic acids is 1. The molecule has 0 amide bonds. The first-order valence-electron chi connectivity index (χ1n) is 7.34. The average Bonchev–Trinajstić information content (AvgIpc) is 3.03. The van der Waals surface area contributed by atoms with Gasteiger partial charge in [-0.15, -0.1) is 0 Å². The molecule has 0 saturated carbocycles. The molecule has 2 aromatic carbocycles. The molecule has 134 valence electrons. The monoisotopic (exact) mass is 392 g/mol. The maximum atomic E-state index is 12.7. The number of hydrogen-bond acceptors (Lipinski definition) is 5. The Labute approximate surface area is 154 Å². The second kappa shape index (κ2) is 6.81. The summed E-state index contributed by atoms with van der Waals surface area (Å²) in [4.78, 5) is 24.8. The molecule has 3 rings (SSSR count). The smallest absolute Gasteiger partial charge is 0.349 e. The van der Waals surface area contributed by atoms with Crippen molar-refractivity contribution in [1.82, 2.24) is 8.54 Å². The summed E-state index contributed by atoms with van der Waals surface area (Å²) in [5.41, 5.74) is -0.829. The number of imidazole rings is 1. The van der Waals surface area contributed by atoms with Gasteiger partial charge in [-0.2, -0.15) is 3.97 Å². The van der Waals surface area contributed by atoms with Crippen LogP contribution in [-0.4, -0.2) is 30.0 Å². The summed E-state index contributed by atoms with van der Waals surface area (Å²) in [7, 11) is -2.69. The Morgan fingerprint density at radius 2 is 1.77 bits per heavy atom. The fraction of sp³-hybridized carbons (Fsp3) is 0.0588. The van der Waals surface area contributed by atoms with E-state index in [1.807, 2.05) is 0 Å². The Kier molecular flexibility index (Phi) is 4.71. The van der Waals surface area contributed by atoms with Crippen LogP contribution in [0.15, 0.2) is 70.6 Å². The molecule has 0 atom stereocenters. The van der Waals surface area contributed by atoms with Gasteiger partial charge in [0.1, 0.15) is 5.75 Å². The normalized spacial score (nSPS) is 11.3. The maximum Gasteiger partial charge on any atom is 0.349 e. The zero-order chi connectivity index (χ0) is 18.9. The van der Waals surface area contributed by atoms with Crippen LogP contribution in [-0.2, 0) is 10.0 Å². The predicted molar refractivity (Wildman–Crippen MR) is 95.5 cm³/mol. The van der Waals surface area contributed by atoms with Crippen LogP contribution in [0.25, 0.3) is 0 Å². The molecule has 0 spiro atoms. The van der Waals surface area contributed by atoms with Crippen molar-refractivity contribution in [2.75, 3.05) is 7.11 Å². The van der Waals surface area contributed by atoms with E-state index in [2.05, 4.69) is 0 Å². The van der Waals surface area contributed by atoms with Crippen molar-refractivity contribution in [3.8, 4) is 5.75 Å². The van der Waals surface area contributed by atoms with Gasteiger partial charge in [0.15, 0.2) is 0 Å². The van der Waals surface area contributed by atoms with E-state index < -0.39 is 21.6 Å². The highest BCUT2D eigenvalue weighted by atomic mass is 35.5. The maximum absolute atomic E-state index is 12.7. The number of carbonyl (C=O) groups is 1. The largest absolute Gasteiger partial charge is 0.497 e. The molecule has 0 N–H and O–H groups in total. The van der Waals surface area contributed by atoms with Crippen molar-refractivity contribution in [2.24, 2.45) is 0 Å². The van der Waals surface area contributed by atoms with E-state index in [1.54, 1.807) is 12.1 Å². The molecule has 26 heavy (non-hydrogen) atoms. The van der Waals surface area contributed by atoms with Gasteiger partial charge in [0.25, 0.3) is 15.9 Å².